The standard InChI is InChI=1S/C33H34N2O7/c1-35(2)20-10-8-17(9-11-20)21-15-22(16-6-4-3-5-7-16)28(37)26-23(21)13-18-12-19-14-24(36)27(32(34)41)31(40)33(19,42)30(39)25(18)29(26)38/h6,8-11,15,18-19,36-37,39,42H,3-5,7,12-14H2,1-2H3,(H2,34,41)/t18?,19-,33-/m0/s1. The molecule has 2 aromatic carbocycles. The van der Waals surface area contributed by atoms with Gasteiger partial charge in [-0.25, -0.2) is 0 Å². The highest BCUT2D eigenvalue weighted by atomic mass is 16.3. The number of amides is 1. The van der Waals surface area contributed by atoms with Crippen molar-refractivity contribution in [2.24, 2.45) is 17.6 Å². The number of hydrogen-bond acceptors (Lipinski definition) is 8. The fraction of sp³-hybridized carbons (Fsp3) is 0.364. The van der Waals surface area contributed by atoms with E-state index in [2.05, 4.69) is 6.08 Å². The molecule has 0 fully saturated rings. The monoisotopic (exact) mass is 570 g/mol. The number of carbonyl (C=O) groups is 3. The van der Waals surface area contributed by atoms with Crippen LogP contribution in [0.4, 0.5) is 5.69 Å². The molecule has 6 N–H and O–H groups in total. The zero-order valence-electron chi connectivity index (χ0n) is 23.6. The lowest BCUT2D eigenvalue weighted by molar-refractivity contribution is -0.144. The van der Waals surface area contributed by atoms with Crippen molar-refractivity contribution in [1.29, 1.82) is 0 Å². The number of carbonyl (C=O) groups excluding carboxylic acids is 3. The van der Waals surface area contributed by atoms with Gasteiger partial charge in [0.1, 0.15) is 22.8 Å². The molecule has 4 aliphatic carbocycles. The van der Waals surface area contributed by atoms with Crippen LogP contribution < -0.4 is 10.6 Å². The fourth-order valence-electron chi connectivity index (χ4n) is 7.21. The van der Waals surface area contributed by atoms with E-state index in [-0.39, 0.29) is 36.1 Å². The molecule has 0 bridgehead atoms. The van der Waals surface area contributed by atoms with E-state index >= 15 is 0 Å². The van der Waals surface area contributed by atoms with E-state index in [4.69, 9.17) is 5.73 Å². The molecule has 218 valence electrons. The Morgan fingerprint density at radius 1 is 1.02 bits per heavy atom. The summed E-state index contributed by atoms with van der Waals surface area (Å²) in [6.07, 6.45) is 5.78. The van der Waals surface area contributed by atoms with Crippen LogP contribution in [0.25, 0.3) is 16.7 Å². The lowest BCUT2D eigenvalue weighted by atomic mass is 9.60. The summed E-state index contributed by atoms with van der Waals surface area (Å²) in [4.78, 5) is 41.5. The third-order valence-corrected chi connectivity index (χ3v) is 9.39. The summed E-state index contributed by atoms with van der Waals surface area (Å²) in [6, 6.07) is 9.85. The van der Waals surface area contributed by atoms with Crippen molar-refractivity contribution in [3.63, 3.8) is 0 Å². The molecule has 0 spiro atoms. The van der Waals surface area contributed by atoms with Gasteiger partial charge in [-0.1, -0.05) is 18.2 Å². The van der Waals surface area contributed by atoms with Gasteiger partial charge in [0, 0.05) is 43.3 Å². The Balaban J connectivity index is 1.56. The zero-order chi connectivity index (χ0) is 30.1. The van der Waals surface area contributed by atoms with Gasteiger partial charge in [0.2, 0.25) is 5.78 Å². The largest absolute Gasteiger partial charge is 0.511 e. The average Bonchev–Trinajstić information content (AvgIpc) is 2.95. The summed E-state index contributed by atoms with van der Waals surface area (Å²) < 4.78 is 0. The number of nitrogens with zero attached hydrogens (tertiary/aromatic N) is 1. The van der Waals surface area contributed by atoms with E-state index in [1.54, 1.807) is 0 Å². The van der Waals surface area contributed by atoms with Crippen LogP contribution in [0.15, 0.2) is 59.1 Å². The molecule has 6 rings (SSSR count). The van der Waals surface area contributed by atoms with Gasteiger partial charge in [0.15, 0.2) is 11.4 Å². The van der Waals surface area contributed by atoms with Crippen molar-refractivity contribution in [2.45, 2.75) is 50.5 Å². The minimum absolute atomic E-state index is 0.0438. The summed E-state index contributed by atoms with van der Waals surface area (Å²) >= 11 is 0. The van der Waals surface area contributed by atoms with Crippen molar-refractivity contribution in [3.05, 3.63) is 75.8 Å². The van der Waals surface area contributed by atoms with Gasteiger partial charge < -0.3 is 31.1 Å². The molecule has 2 aromatic rings. The van der Waals surface area contributed by atoms with Crippen molar-refractivity contribution in [2.75, 3.05) is 19.0 Å². The average molecular weight is 571 g/mol. The molecular weight excluding hydrogens is 536 g/mol. The van der Waals surface area contributed by atoms with E-state index < -0.39 is 52.0 Å². The molecule has 1 unspecified atom stereocenters. The number of hydrogen-bond donors (Lipinski definition) is 5. The minimum Gasteiger partial charge on any atom is -0.511 e. The molecule has 9 nitrogen and oxygen atoms in total. The zero-order valence-corrected chi connectivity index (χ0v) is 23.6. The Morgan fingerprint density at radius 3 is 2.36 bits per heavy atom. The van der Waals surface area contributed by atoms with E-state index in [1.165, 1.54) is 0 Å². The topological polar surface area (TPSA) is 161 Å². The Bertz CT molecular complexity index is 1650. The molecule has 1 amide bonds. The van der Waals surface area contributed by atoms with Crippen LogP contribution in [0.1, 0.15) is 60.0 Å². The van der Waals surface area contributed by atoms with E-state index in [0.29, 0.717) is 11.1 Å². The number of aromatic hydroxyl groups is 1. The third kappa shape index (κ3) is 3.98. The molecule has 0 saturated carbocycles. The number of primary amides is 1. The second-order valence-corrected chi connectivity index (χ2v) is 12.0. The Labute approximate surface area is 243 Å². The third-order valence-electron chi connectivity index (χ3n) is 9.39. The molecule has 0 heterocycles. The number of phenols is 1. The summed E-state index contributed by atoms with van der Waals surface area (Å²) in [6.45, 7) is 0. The summed E-state index contributed by atoms with van der Waals surface area (Å²) in [5.74, 6) is -6.24. The van der Waals surface area contributed by atoms with Crippen molar-refractivity contribution < 1.29 is 34.8 Å². The van der Waals surface area contributed by atoms with Gasteiger partial charge in [-0.2, -0.15) is 0 Å². The number of phenolic OH excluding ortho intramolecular Hbond substituents is 1. The number of ketones is 2. The SMILES string of the molecule is CN(C)c1ccc(-c2cc(C3=CCCCC3)c(O)c3c2CC2C[C@H]4CC(O)=C(C(N)=O)C(=O)[C@@]4(O)C(O)=C2C3=O)cc1. The lowest BCUT2D eigenvalue weighted by Crippen LogP contribution is -2.57. The quantitative estimate of drug-likeness (QED) is 0.341. The first kappa shape index (κ1) is 27.8. The van der Waals surface area contributed by atoms with Crippen LogP contribution in [-0.4, -0.2) is 57.6 Å². The van der Waals surface area contributed by atoms with E-state index in [9.17, 15) is 34.8 Å². The van der Waals surface area contributed by atoms with Gasteiger partial charge in [-0.3, -0.25) is 14.4 Å². The highest BCUT2D eigenvalue weighted by Crippen LogP contribution is 2.53. The first-order valence-corrected chi connectivity index (χ1v) is 14.3. The number of rotatable bonds is 4. The first-order chi connectivity index (χ1) is 19.9. The molecule has 0 aliphatic heterocycles. The maximum Gasteiger partial charge on any atom is 0.255 e. The van der Waals surface area contributed by atoms with Crippen LogP contribution in [0.3, 0.4) is 0 Å². The molecule has 9 heteroatoms. The van der Waals surface area contributed by atoms with E-state index in [1.807, 2.05) is 49.3 Å². The number of anilines is 1. The molecule has 42 heavy (non-hydrogen) atoms. The highest BCUT2D eigenvalue weighted by Gasteiger charge is 2.59. The minimum atomic E-state index is -2.58. The Kier molecular flexibility index (Phi) is 6.53. The second kappa shape index (κ2) is 9.87. The summed E-state index contributed by atoms with van der Waals surface area (Å²) in [7, 11) is 3.90. The molecule has 0 radical (unpaired) electrons. The van der Waals surface area contributed by atoms with Crippen LogP contribution >= 0.6 is 0 Å². The lowest BCUT2D eigenvalue weighted by Gasteiger charge is -2.45. The number of nitrogens with two attached hydrogens (primary N) is 1. The highest BCUT2D eigenvalue weighted by molar-refractivity contribution is 6.24. The molecule has 0 saturated heterocycles. The smallest absolute Gasteiger partial charge is 0.255 e. The predicted molar refractivity (Wildman–Crippen MR) is 157 cm³/mol. The van der Waals surface area contributed by atoms with Crippen LogP contribution in [-0.2, 0) is 16.0 Å². The van der Waals surface area contributed by atoms with E-state index in [0.717, 1.165) is 48.1 Å². The van der Waals surface area contributed by atoms with Gasteiger partial charge in [-0.05, 0) is 84.9 Å². The second-order valence-electron chi connectivity index (χ2n) is 12.0. The normalized spacial score (nSPS) is 25.5. The maximum absolute atomic E-state index is 14.3. The van der Waals surface area contributed by atoms with Crippen LogP contribution in [0.5, 0.6) is 5.75 Å². The molecular formula is C33H34N2O7. The number of aliphatic hydroxyl groups is 3. The number of allylic oxidation sites excluding steroid dienone is 4. The van der Waals surface area contributed by atoms with Crippen molar-refractivity contribution in [1.82, 2.24) is 0 Å². The molecule has 3 atom stereocenters. The number of benzene rings is 2. The number of aliphatic hydroxyl groups excluding tert-OH is 2. The van der Waals surface area contributed by atoms with Crippen LogP contribution in [0, 0.1) is 11.8 Å². The van der Waals surface area contributed by atoms with Gasteiger partial charge >= 0.3 is 0 Å². The first-order valence-electron chi connectivity index (χ1n) is 14.3. The number of fused-ring (bicyclic) bond motifs is 3. The van der Waals surface area contributed by atoms with Crippen molar-refractivity contribution in [3.8, 4) is 16.9 Å². The Morgan fingerprint density at radius 2 is 1.74 bits per heavy atom. The van der Waals surface area contributed by atoms with Crippen LogP contribution in [0.2, 0.25) is 0 Å². The molecule has 4 aliphatic rings. The Hall–Kier alpha value is -4.37. The maximum atomic E-state index is 14.3. The van der Waals surface area contributed by atoms with Gasteiger partial charge in [0.25, 0.3) is 5.91 Å². The van der Waals surface area contributed by atoms with Gasteiger partial charge in [0.05, 0.1) is 5.56 Å². The van der Waals surface area contributed by atoms with Crippen molar-refractivity contribution >= 4 is 28.7 Å². The summed E-state index contributed by atoms with van der Waals surface area (Å²) in [5.41, 5.74) is 6.62. The molecule has 0 aromatic heterocycles. The number of Topliss-reactive ketones (excluding diaryl/α,β-unsaturated/α-hetero) is 2. The summed E-state index contributed by atoms with van der Waals surface area (Å²) in [5, 5.41) is 45.0. The fourth-order valence-corrected chi connectivity index (χ4v) is 7.21. The predicted octanol–water partition coefficient (Wildman–Crippen LogP) is 4.27. The van der Waals surface area contributed by atoms with Gasteiger partial charge in [-0.15, -0.1) is 0 Å².